The number of nitrogens with zero attached hydrogens (tertiary/aromatic N) is 3. The van der Waals surface area contributed by atoms with E-state index < -0.39 is 0 Å². The molecular weight excluding hydrogens is 214 g/mol. The van der Waals surface area contributed by atoms with E-state index in [9.17, 15) is 0 Å². The van der Waals surface area contributed by atoms with Crippen molar-refractivity contribution < 1.29 is 0 Å². The van der Waals surface area contributed by atoms with E-state index in [1.165, 1.54) is 0 Å². The van der Waals surface area contributed by atoms with Crippen molar-refractivity contribution in [2.75, 3.05) is 0 Å². The van der Waals surface area contributed by atoms with E-state index >= 15 is 0 Å². The van der Waals surface area contributed by atoms with Gasteiger partial charge in [0.2, 0.25) is 0 Å². The van der Waals surface area contributed by atoms with Crippen molar-refractivity contribution in [3.8, 4) is 11.5 Å². The van der Waals surface area contributed by atoms with Gasteiger partial charge in [0.25, 0.3) is 0 Å². The molecule has 0 amide bonds. The highest BCUT2D eigenvalue weighted by Crippen LogP contribution is 2.20. The Morgan fingerprint density at radius 1 is 1.41 bits per heavy atom. The Morgan fingerprint density at radius 2 is 2.29 bits per heavy atom. The van der Waals surface area contributed by atoms with E-state index in [4.69, 9.17) is 5.73 Å². The summed E-state index contributed by atoms with van der Waals surface area (Å²) in [5, 5.41) is 0. The molecule has 0 spiro atoms. The molecule has 0 unspecified atom stereocenters. The van der Waals surface area contributed by atoms with E-state index in [1.807, 2.05) is 29.8 Å². The van der Waals surface area contributed by atoms with Gasteiger partial charge in [0.1, 0.15) is 5.69 Å². The van der Waals surface area contributed by atoms with E-state index in [1.54, 1.807) is 12.5 Å². The fourth-order valence-corrected chi connectivity index (χ4v) is 1.89. The van der Waals surface area contributed by atoms with Crippen molar-refractivity contribution in [1.29, 1.82) is 0 Å². The zero-order valence-corrected chi connectivity index (χ0v) is 9.51. The summed E-state index contributed by atoms with van der Waals surface area (Å²) in [6.45, 7) is 0.538. The zero-order chi connectivity index (χ0) is 11.8. The van der Waals surface area contributed by atoms with Crippen LogP contribution in [0.1, 0.15) is 5.56 Å². The Labute approximate surface area is 98.3 Å². The molecule has 0 bridgehead atoms. The first-order valence-corrected chi connectivity index (χ1v) is 5.43. The maximum atomic E-state index is 5.62. The SMILES string of the molecule is Cn1cncc1-c1nc2ccc(CN)cc2[nH]1. The molecule has 0 saturated carbocycles. The number of nitrogens with two attached hydrogens (primary N) is 1. The number of nitrogens with one attached hydrogen (secondary N) is 1. The average molecular weight is 227 g/mol. The van der Waals surface area contributed by atoms with Gasteiger partial charge in [0, 0.05) is 13.6 Å². The van der Waals surface area contributed by atoms with Gasteiger partial charge < -0.3 is 15.3 Å². The number of aromatic nitrogens is 4. The Morgan fingerprint density at radius 3 is 3.00 bits per heavy atom. The van der Waals surface area contributed by atoms with Crippen molar-refractivity contribution in [2.45, 2.75) is 6.54 Å². The molecular formula is C12H13N5. The highest BCUT2D eigenvalue weighted by atomic mass is 15.1. The van der Waals surface area contributed by atoms with Gasteiger partial charge in [-0.3, -0.25) is 0 Å². The maximum absolute atomic E-state index is 5.62. The quantitative estimate of drug-likeness (QED) is 0.695. The van der Waals surface area contributed by atoms with Gasteiger partial charge in [-0.25, -0.2) is 9.97 Å². The number of H-pyrrole nitrogens is 1. The molecule has 0 aliphatic rings. The fraction of sp³-hybridized carbons (Fsp3) is 0.167. The number of imidazole rings is 2. The van der Waals surface area contributed by atoms with Crippen LogP contribution in [0.15, 0.2) is 30.7 Å². The Hall–Kier alpha value is -2.14. The molecule has 0 radical (unpaired) electrons. The summed E-state index contributed by atoms with van der Waals surface area (Å²) in [5.41, 5.74) is 9.63. The molecule has 5 heteroatoms. The monoisotopic (exact) mass is 227 g/mol. The molecule has 5 nitrogen and oxygen atoms in total. The van der Waals surface area contributed by atoms with Crippen LogP contribution in [0.4, 0.5) is 0 Å². The molecule has 2 heterocycles. The molecule has 0 saturated heterocycles. The topological polar surface area (TPSA) is 72.5 Å². The lowest BCUT2D eigenvalue weighted by Crippen LogP contribution is -1.95. The second-order valence-corrected chi connectivity index (χ2v) is 4.03. The minimum absolute atomic E-state index is 0.538. The van der Waals surface area contributed by atoms with E-state index in [0.29, 0.717) is 6.54 Å². The highest BCUT2D eigenvalue weighted by molar-refractivity contribution is 5.79. The number of hydrogen-bond acceptors (Lipinski definition) is 3. The second-order valence-electron chi connectivity index (χ2n) is 4.03. The molecule has 86 valence electrons. The first-order valence-electron chi connectivity index (χ1n) is 5.43. The van der Waals surface area contributed by atoms with Crippen molar-refractivity contribution in [3.63, 3.8) is 0 Å². The van der Waals surface area contributed by atoms with Crippen molar-refractivity contribution in [1.82, 2.24) is 19.5 Å². The van der Waals surface area contributed by atoms with Crippen LogP contribution < -0.4 is 5.73 Å². The molecule has 0 aliphatic heterocycles. The number of fused-ring (bicyclic) bond motifs is 1. The minimum atomic E-state index is 0.538. The summed E-state index contributed by atoms with van der Waals surface area (Å²) in [4.78, 5) is 11.9. The smallest absolute Gasteiger partial charge is 0.156 e. The van der Waals surface area contributed by atoms with E-state index in [-0.39, 0.29) is 0 Å². The van der Waals surface area contributed by atoms with Crippen LogP contribution >= 0.6 is 0 Å². The normalized spacial score (nSPS) is 11.2. The van der Waals surface area contributed by atoms with Crippen molar-refractivity contribution in [3.05, 3.63) is 36.3 Å². The Kier molecular flexibility index (Phi) is 2.19. The summed E-state index contributed by atoms with van der Waals surface area (Å²) >= 11 is 0. The molecule has 3 aromatic rings. The van der Waals surface area contributed by atoms with Gasteiger partial charge in [-0.05, 0) is 17.7 Å². The van der Waals surface area contributed by atoms with E-state index in [2.05, 4.69) is 15.0 Å². The predicted molar refractivity (Wildman–Crippen MR) is 66.2 cm³/mol. The van der Waals surface area contributed by atoms with Crippen LogP contribution in [-0.4, -0.2) is 19.5 Å². The average Bonchev–Trinajstić information content (AvgIpc) is 2.93. The molecule has 3 rings (SSSR count). The highest BCUT2D eigenvalue weighted by Gasteiger charge is 2.08. The summed E-state index contributed by atoms with van der Waals surface area (Å²) in [7, 11) is 1.95. The summed E-state index contributed by atoms with van der Waals surface area (Å²) < 4.78 is 1.93. The van der Waals surface area contributed by atoms with E-state index in [0.717, 1.165) is 28.1 Å². The van der Waals surface area contributed by atoms with Gasteiger partial charge >= 0.3 is 0 Å². The van der Waals surface area contributed by atoms with Crippen LogP contribution in [0.25, 0.3) is 22.6 Å². The first-order chi connectivity index (χ1) is 8.28. The van der Waals surface area contributed by atoms with Crippen LogP contribution in [0.2, 0.25) is 0 Å². The van der Waals surface area contributed by atoms with Gasteiger partial charge in [0.05, 0.1) is 23.6 Å². The number of rotatable bonds is 2. The third-order valence-corrected chi connectivity index (χ3v) is 2.84. The summed E-state index contributed by atoms with van der Waals surface area (Å²) in [5.74, 6) is 0.828. The standard InChI is InChI=1S/C12H13N5/c1-17-7-14-6-11(17)12-15-9-3-2-8(5-13)4-10(9)16-12/h2-4,6-7H,5,13H2,1H3,(H,15,16). The van der Waals surface area contributed by atoms with Crippen molar-refractivity contribution >= 4 is 11.0 Å². The van der Waals surface area contributed by atoms with Crippen LogP contribution in [0.5, 0.6) is 0 Å². The maximum Gasteiger partial charge on any atom is 0.156 e. The van der Waals surface area contributed by atoms with Crippen molar-refractivity contribution in [2.24, 2.45) is 12.8 Å². The largest absolute Gasteiger partial charge is 0.337 e. The van der Waals surface area contributed by atoms with Crippen LogP contribution in [0, 0.1) is 0 Å². The summed E-state index contributed by atoms with van der Waals surface area (Å²) in [6, 6.07) is 6.01. The molecule has 17 heavy (non-hydrogen) atoms. The first kappa shape index (κ1) is 10.0. The lowest BCUT2D eigenvalue weighted by Gasteiger charge is -1.95. The molecule has 1 aromatic carbocycles. The number of aromatic amines is 1. The minimum Gasteiger partial charge on any atom is -0.337 e. The van der Waals surface area contributed by atoms with Crippen LogP contribution in [-0.2, 0) is 13.6 Å². The molecule has 3 N–H and O–H groups in total. The third kappa shape index (κ3) is 1.60. The fourth-order valence-electron chi connectivity index (χ4n) is 1.89. The molecule has 0 fully saturated rings. The molecule has 0 atom stereocenters. The van der Waals surface area contributed by atoms with Gasteiger partial charge in [0.15, 0.2) is 5.82 Å². The number of hydrogen-bond donors (Lipinski definition) is 2. The molecule has 0 aliphatic carbocycles. The Bertz CT molecular complexity index is 664. The third-order valence-electron chi connectivity index (χ3n) is 2.84. The lowest BCUT2D eigenvalue weighted by atomic mass is 10.2. The second kappa shape index (κ2) is 3.71. The lowest BCUT2D eigenvalue weighted by molar-refractivity contribution is 0.913. The van der Waals surface area contributed by atoms with Gasteiger partial charge in [-0.1, -0.05) is 6.07 Å². The molecule has 2 aromatic heterocycles. The van der Waals surface area contributed by atoms with Crippen LogP contribution in [0.3, 0.4) is 0 Å². The zero-order valence-electron chi connectivity index (χ0n) is 9.51. The number of aryl methyl sites for hydroxylation is 1. The number of benzene rings is 1. The van der Waals surface area contributed by atoms with Gasteiger partial charge in [-0.2, -0.15) is 0 Å². The predicted octanol–water partition coefficient (Wildman–Crippen LogP) is 1.42. The Balaban J connectivity index is 2.17. The summed E-state index contributed by atoms with van der Waals surface area (Å²) in [6.07, 6.45) is 3.55. The van der Waals surface area contributed by atoms with Gasteiger partial charge in [-0.15, -0.1) is 0 Å².